The van der Waals surface area contributed by atoms with Crippen LogP contribution in [0.3, 0.4) is 0 Å². The van der Waals surface area contributed by atoms with Crippen molar-refractivity contribution in [3.05, 3.63) is 41.9 Å². The average molecular weight is 287 g/mol. The number of hydrogen-bond donors (Lipinski definition) is 1. The second-order valence-corrected chi connectivity index (χ2v) is 5.93. The van der Waals surface area contributed by atoms with Gasteiger partial charge in [-0.15, -0.1) is 0 Å². The highest BCUT2D eigenvalue weighted by molar-refractivity contribution is 5.40. The molecule has 1 N–H and O–H groups in total. The van der Waals surface area contributed by atoms with Crippen LogP contribution in [0.25, 0.3) is 0 Å². The Kier molecular flexibility index (Phi) is 5.33. The predicted octanol–water partition coefficient (Wildman–Crippen LogP) is 2.20. The molecule has 2 aromatic rings. The molecule has 0 aromatic carbocycles. The third kappa shape index (κ3) is 4.86. The number of nitrogens with zero attached hydrogens (tertiary/aromatic N) is 4. The number of pyridine rings is 1. The smallest absolute Gasteiger partial charge is 0.128 e. The Labute approximate surface area is 127 Å². The largest absolute Gasteiger partial charge is 0.355 e. The van der Waals surface area contributed by atoms with Crippen molar-refractivity contribution in [2.24, 2.45) is 13.0 Å². The fourth-order valence-corrected chi connectivity index (χ4v) is 2.19. The van der Waals surface area contributed by atoms with Crippen LogP contribution in [0, 0.1) is 5.92 Å². The first-order valence-corrected chi connectivity index (χ1v) is 7.39. The highest BCUT2D eigenvalue weighted by atomic mass is 15.2. The normalized spacial score (nSPS) is 11.1. The zero-order valence-electron chi connectivity index (χ0n) is 13.4. The lowest BCUT2D eigenvalue weighted by atomic mass is 10.2. The van der Waals surface area contributed by atoms with Crippen molar-refractivity contribution >= 4 is 5.82 Å². The van der Waals surface area contributed by atoms with E-state index in [1.165, 1.54) is 11.1 Å². The Hall–Kier alpha value is -1.88. The molecule has 2 aromatic heterocycles. The molecule has 114 valence electrons. The van der Waals surface area contributed by atoms with Crippen LogP contribution in [0.15, 0.2) is 30.7 Å². The average Bonchev–Trinajstić information content (AvgIpc) is 2.84. The summed E-state index contributed by atoms with van der Waals surface area (Å²) in [5.41, 5.74) is 2.45. The van der Waals surface area contributed by atoms with E-state index >= 15 is 0 Å². The Bertz CT molecular complexity index is 561. The van der Waals surface area contributed by atoms with E-state index in [-0.39, 0.29) is 0 Å². The zero-order valence-corrected chi connectivity index (χ0v) is 13.4. The topological polar surface area (TPSA) is 46.0 Å². The third-order valence-corrected chi connectivity index (χ3v) is 3.26. The van der Waals surface area contributed by atoms with Gasteiger partial charge in [0.25, 0.3) is 0 Å². The first-order valence-electron chi connectivity index (χ1n) is 7.39. The summed E-state index contributed by atoms with van der Waals surface area (Å²) in [5, 5.41) is 7.66. The van der Waals surface area contributed by atoms with Gasteiger partial charge < -0.3 is 10.2 Å². The maximum absolute atomic E-state index is 4.46. The summed E-state index contributed by atoms with van der Waals surface area (Å²) >= 11 is 0. The van der Waals surface area contributed by atoms with Gasteiger partial charge in [-0.05, 0) is 30.2 Å². The van der Waals surface area contributed by atoms with Crippen molar-refractivity contribution in [2.75, 3.05) is 18.5 Å². The molecule has 0 saturated carbocycles. The summed E-state index contributed by atoms with van der Waals surface area (Å²) in [6.45, 7) is 7.15. The molecule has 5 nitrogen and oxygen atoms in total. The number of nitrogens with one attached hydrogen (secondary N) is 1. The number of aromatic nitrogens is 3. The Balaban J connectivity index is 1.95. The minimum atomic E-state index is 0.666. The first-order chi connectivity index (χ1) is 10.0. The van der Waals surface area contributed by atoms with Crippen LogP contribution < -0.4 is 10.2 Å². The standard InChI is InChI=1S/C16H25N5/c1-13(2)8-17-9-14-5-6-18-16(7-14)20(3)11-15-10-19-21(4)12-15/h5-7,10,12-13,17H,8-9,11H2,1-4H3. The predicted molar refractivity (Wildman–Crippen MR) is 86.1 cm³/mol. The molecule has 0 unspecified atom stereocenters. The number of hydrogen-bond acceptors (Lipinski definition) is 4. The van der Waals surface area contributed by atoms with Gasteiger partial charge >= 0.3 is 0 Å². The SMILES string of the molecule is CC(C)CNCc1ccnc(N(C)Cc2cnn(C)c2)c1. The van der Waals surface area contributed by atoms with Gasteiger partial charge in [-0.25, -0.2) is 4.98 Å². The van der Waals surface area contributed by atoms with Gasteiger partial charge in [0.1, 0.15) is 5.82 Å². The van der Waals surface area contributed by atoms with Gasteiger partial charge in [-0.3, -0.25) is 4.68 Å². The molecule has 0 aliphatic rings. The third-order valence-electron chi connectivity index (χ3n) is 3.26. The van der Waals surface area contributed by atoms with Crippen LogP contribution in [0.2, 0.25) is 0 Å². The molecule has 2 heterocycles. The number of anilines is 1. The highest BCUT2D eigenvalue weighted by Gasteiger charge is 2.06. The summed E-state index contributed by atoms with van der Waals surface area (Å²) < 4.78 is 1.82. The van der Waals surface area contributed by atoms with E-state index in [2.05, 4.69) is 53.3 Å². The van der Waals surface area contributed by atoms with Crippen molar-refractivity contribution in [2.45, 2.75) is 26.9 Å². The van der Waals surface area contributed by atoms with Crippen LogP contribution in [0.1, 0.15) is 25.0 Å². The highest BCUT2D eigenvalue weighted by Crippen LogP contribution is 2.14. The lowest BCUT2D eigenvalue weighted by molar-refractivity contribution is 0.552. The summed E-state index contributed by atoms with van der Waals surface area (Å²) in [4.78, 5) is 6.60. The maximum atomic E-state index is 4.46. The molecule has 0 atom stereocenters. The van der Waals surface area contributed by atoms with Crippen LogP contribution in [0.5, 0.6) is 0 Å². The maximum Gasteiger partial charge on any atom is 0.128 e. The summed E-state index contributed by atoms with van der Waals surface area (Å²) in [6, 6.07) is 4.21. The van der Waals surface area contributed by atoms with Crippen LogP contribution in [-0.4, -0.2) is 28.4 Å². The fourth-order valence-electron chi connectivity index (χ4n) is 2.19. The molecule has 0 radical (unpaired) electrons. The molecule has 0 spiro atoms. The first kappa shape index (κ1) is 15.5. The molecule has 0 amide bonds. The van der Waals surface area contributed by atoms with Crippen molar-refractivity contribution < 1.29 is 0 Å². The second-order valence-electron chi connectivity index (χ2n) is 5.93. The Morgan fingerprint density at radius 2 is 2.14 bits per heavy atom. The molecule has 0 aliphatic heterocycles. The summed E-state index contributed by atoms with van der Waals surface area (Å²) in [7, 11) is 3.99. The van der Waals surface area contributed by atoms with E-state index in [0.717, 1.165) is 25.5 Å². The summed E-state index contributed by atoms with van der Waals surface area (Å²) in [5.74, 6) is 1.65. The second kappa shape index (κ2) is 7.22. The molecule has 5 heteroatoms. The lowest BCUT2D eigenvalue weighted by Gasteiger charge is -2.18. The van der Waals surface area contributed by atoms with Crippen LogP contribution in [-0.2, 0) is 20.1 Å². The minimum Gasteiger partial charge on any atom is -0.355 e. The molecular weight excluding hydrogens is 262 g/mol. The van der Waals surface area contributed by atoms with Crippen molar-refractivity contribution in [1.82, 2.24) is 20.1 Å². The number of rotatable bonds is 7. The Morgan fingerprint density at radius 3 is 2.81 bits per heavy atom. The van der Waals surface area contributed by atoms with Crippen LogP contribution >= 0.6 is 0 Å². The monoisotopic (exact) mass is 287 g/mol. The van der Waals surface area contributed by atoms with E-state index < -0.39 is 0 Å². The zero-order chi connectivity index (χ0) is 15.2. The van der Waals surface area contributed by atoms with Gasteiger partial charge in [0.15, 0.2) is 0 Å². The Morgan fingerprint density at radius 1 is 1.33 bits per heavy atom. The molecule has 2 rings (SSSR count). The van der Waals surface area contributed by atoms with E-state index in [0.29, 0.717) is 5.92 Å². The molecular formula is C16H25N5. The van der Waals surface area contributed by atoms with Crippen LogP contribution in [0.4, 0.5) is 5.82 Å². The minimum absolute atomic E-state index is 0.666. The van der Waals surface area contributed by atoms with Crippen molar-refractivity contribution in [3.63, 3.8) is 0 Å². The molecule has 0 fully saturated rings. The van der Waals surface area contributed by atoms with Gasteiger partial charge in [0.05, 0.1) is 6.20 Å². The van der Waals surface area contributed by atoms with Crippen molar-refractivity contribution in [1.29, 1.82) is 0 Å². The van der Waals surface area contributed by atoms with E-state index in [1.54, 1.807) is 0 Å². The molecule has 21 heavy (non-hydrogen) atoms. The quantitative estimate of drug-likeness (QED) is 0.848. The van der Waals surface area contributed by atoms with Gasteiger partial charge in [-0.1, -0.05) is 13.8 Å². The van der Waals surface area contributed by atoms with Crippen molar-refractivity contribution in [3.8, 4) is 0 Å². The fraction of sp³-hybridized carbons (Fsp3) is 0.500. The molecule has 0 aliphatic carbocycles. The van der Waals surface area contributed by atoms with E-state index in [9.17, 15) is 0 Å². The summed E-state index contributed by atoms with van der Waals surface area (Å²) in [6.07, 6.45) is 5.80. The van der Waals surface area contributed by atoms with E-state index in [1.807, 2.05) is 30.3 Å². The number of aryl methyl sites for hydroxylation is 1. The van der Waals surface area contributed by atoms with Gasteiger partial charge in [0.2, 0.25) is 0 Å². The molecule has 0 saturated heterocycles. The lowest BCUT2D eigenvalue weighted by Crippen LogP contribution is -2.20. The van der Waals surface area contributed by atoms with E-state index in [4.69, 9.17) is 0 Å². The van der Waals surface area contributed by atoms with Gasteiger partial charge in [0, 0.05) is 45.1 Å². The molecule has 0 bridgehead atoms. The van der Waals surface area contributed by atoms with Gasteiger partial charge in [-0.2, -0.15) is 5.10 Å².